The van der Waals surface area contributed by atoms with Crippen LogP contribution in [-0.2, 0) is 0 Å². The lowest BCUT2D eigenvalue weighted by Crippen LogP contribution is -1.60. The third-order valence-corrected chi connectivity index (χ3v) is 2.25. The van der Waals surface area contributed by atoms with Gasteiger partial charge in [0, 0.05) is 12.8 Å². The minimum Gasteiger partial charge on any atom is -0.106 e. The molecule has 0 unspecified atom stereocenters. The topological polar surface area (TPSA) is 0 Å². The first-order valence-corrected chi connectivity index (χ1v) is 9.70. The quantitative estimate of drug-likeness (QED) is 0.557. The summed E-state index contributed by atoms with van der Waals surface area (Å²) in [5.74, 6) is 70.0. The third-order valence-electron chi connectivity index (χ3n) is 2.25. The van der Waals surface area contributed by atoms with Gasteiger partial charge in [0.05, 0.1) is 0 Å². The van der Waals surface area contributed by atoms with Gasteiger partial charge in [0.2, 0.25) is 0 Å². The maximum absolute atomic E-state index is 4.89. The van der Waals surface area contributed by atoms with E-state index in [9.17, 15) is 0 Å². The standard InChI is InChI=1S/C18H6.C17H8/c1-3-5-7-9-11-13-15-17-18-16-14-12-10-8-6-4-2;1-3-5-7-9-11-13-15-17-16-14-12-10-8-6-4-2/h1H,4H2,2H3;1H,4,6H2,2H3. The van der Waals surface area contributed by atoms with E-state index < -0.39 is 0 Å². The molecule has 0 bridgehead atoms. The molecule has 0 nitrogen and oxygen atoms in total. The summed E-state index contributed by atoms with van der Waals surface area (Å²) in [6, 6.07) is 0. The Labute approximate surface area is 211 Å². The lowest BCUT2D eigenvalue weighted by molar-refractivity contribution is 0.983. The van der Waals surface area contributed by atoms with Crippen molar-refractivity contribution in [3.05, 3.63) is 0 Å². The van der Waals surface area contributed by atoms with Crippen molar-refractivity contribution in [2.45, 2.75) is 33.1 Å². The number of hydrogen-bond donors (Lipinski definition) is 0. The molecule has 0 aromatic heterocycles. The highest BCUT2D eigenvalue weighted by Crippen LogP contribution is 1.79. The van der Waals surface area contributed by atoms with Crippen LogP contribution in [0.5, 0.6) is 0 Å². The number of unbranched alkanes of at least 4 members (excludes halogenated alkanes) is 1. The Morgan fingerprint density at radius 2 is 0.600 bits per heavy atom. The van der Waals surface area contributed by atoms with Crippen LogP contribution in [0.15, 0.2) is 0 Å². The van der Waals surface area contributed by atoms with Gasteiger partial charge < -0.3 is 0 Å². The number of rotatable bonds is 1. The van der Waals surface area contributed by atoms with E-state index in [1.54, 1.807) is 0 Å². The van der Waals surface area contributed by atoms with E-state index in [0.717, 1.165) is 19.3 Å². The Bertz CT molecular complexity index is 1660. The Kier molecular flexibility index (Phi) is 28.0. The molecule has 0 aromatic carbocycles. The second-order valence-electron chi connectivity index (χ2n) is 4.75. The van der Waals surface area contributed by atoms with Gasteiger partial charge in [-0.2, -0.15) is 0 Å². The highest BCUT2D eigenvalue weighted by molar-refractivity contribution is 5.46. The Hall–Kier alpha value is -6.60. The highest BCUT2D eigenvalue weighted by atomic mass is 13.7. The molecule has 0 aromatic rings. The van der Waals surface area contributed by atoms with Gasteiger partial charge in [-0.05, 0) is 160 Å². The molecule has 0 amide bonds. The van der Waals surface area contributed by atoms with Gasteiger partial charge in [0.25, 0.3) is 0 Å². The van der Waals surface area contributed by atoms with Crippen LogP contribution in [-0.4, -0.2) is 0 Å². The van der Waals surface area contributed by atoms with Crippen molar-refractivity contribution in [2.24, 2.45) is 0 Å². The summed E-state index contributed by atoms with van der Waals surface area (Å²) >= 11 is 0. The molecular formula is C35H14. The van der Waals surface area contributed by atoms with Gasteiger partial charge >= 0.3 is 0 Å². The van der Waals surface area contributed by atoms with Crippen LogP contribution >= 0.6 is 0 Å². The zero-order valence-electron chi connectivity index (χ0n) is 19.3. The minimum atomic E-state index is 0.782. The van der Waals surface area contributed by atoms with Gasteiger partial charge in [0.1, 0.15) is 0 Å². The van der Waals surface area contributed by atoms with E-state index in [1.165, 1.54) is 0 Å². The predicted octanol–water partition coefficient (Wildman–Crippen LogP) is 2.49. The van der Waals surface area contributed by atoms with Crippen molar-refractivity contribution in [1.29, 1.82) is 0 Å². The van der Waals surface area contributed by atoms with Crippen molar-refractivity contribution >= 4 is 0 Å². The Balaban J connectivity index is 0. The lowest BCUT2D eigenvalue weighted by Gasteiger charge is -1.71. The van der Waals surface area contributed by atoms with E-state index in [0.29, 0.717) is 0 Å². The molecule has 0 heteroatoms. The summed E-state index contributed by atoms with van der Waals surface area (Å²) in [5.41, 5.74) is 0. The molecule has 0 spiro atoms. The molecule has 0 atom stereocenters. The SMILES string of the molecule is C#CC#CC#CC#CC#CC#CC#CC#CCC.C#CC#CC#CC#CC#CC#CC#CCCC. The molecular weight excluding hydrogens is 420 g/mol. The van der Waals surface area contributed by atoms with Gasteiger partial charge in [-0.1, -0.05) is 25.7 Å². The van der Waals surface area contributed by atoms with E-state index in [2.05, 4.69) is 173 Å². The van der Waals surface area contributed by atoms with Crippen LogP contribution in [0, 0.1) is 179 Å². The summed E-state index contributed by atoms with van der Waals surface area (Å²) < 4.78 is 0. The summed E-state index contributed by atoms with van der Waals surface area (Å²) in [5, 5.41) is 0. The predicted molar refractivity (Wildman–Crippen MR) is 144 cm³/mol. The van der Waals surface area contributed by atoms with E-state index in [-0.39, 0.29) is 0 Å². The fourth-order valence-corrected chi connectivity index (χ4v) is 1.06. The highest BCUT2D eigenvalue weighted by Gasteiger charge is 1.66. The van der Waals surface area contributed by atoms with E-state index in [1.807, 2.05) is 6.92 Å². The maximum atomic E-state index is 4.89. The normalized spacial score (nSPS) is 4.46. The average Bonchev–Trinajstić information content (AvgIpc) is 2.87. The van der Waals surface area contributed by atoms with Gasteiger partial charge in [0.15, 0.2) is 0 Å². The molecule has 0 aliphatic carbocycles. The van der Waals surface area contributed by atoms with Crippen molar-refractivity contribution in [3.63, 3.8) is 0 Å². The molecule has 0 fully saturated rings. The number of hydrogen-bond acceptors (Lipinski definition) is 0. The molecule has 0 saturated heterocycles. The zero-order valence-corrected chi connectivity index (χ0v) is 19.3. The van der Waals surface area contributed by atoms with Crippen molar-refractivity contribution in [2.75, 3.05) is 0 Å². The second kappa shape index (κ2) is 32.1. The van der Waals surface area contributed by atoms with Gasteiger partial charge in [-0.15, -0.1) is 12.8 Å². The molecule has 154 valence electrons. The zero-order chi connectivity index (χ0) is 25.9. The average molecular weight is 434 g/mol. The van der Waals surface area contributed by atoms with E-state index >= 15 is 0 Å². The fraction of sp³-hybridized carbons (Fsp3) is 0.143. The first-order chi connectivity index (χ1) is 17.3. The van der Waals surface area contributed by atoms with Crippen molar-refractivity contribution < 1.29 is 0 Å². The van der Waals surface area contributed by atoms with Crippen LogP contribution < -0.4 is 0 Å². The Morgan fingerprint density at radius 1 is 0.343 bits per heavy atom. The van der Waals surface area contributed by atoms with Gasteiger partial charge in [-0.25, -0.2) is 0 Å². The van der Waals surface area contributed by atoms with E-state index in [4.69, 9.17) is 12.8 Å². The second-order valence-corrected chi connectivity index (χ2v) is 4.75. The van der Waals surface area contributed by atoms with Gasteiger partial charge in [-0.3, -0.25) is 0 Å². The van der Waals surface area contributed by atoms with Crippen LogP contribution in [0.4, 0.5) is 0 Å². The molecule has 0 aliphatic rings. The lowest BCUT2D eigenvalue weighted by atomic mass is 10.3. The number of terminal acetylenes is 2. The fourth-order valence-electron chi connectivity index (χ4n) is 1.06. The van der Waals surface area contributed by atoms with Crippen molar-refractivity contribution in [1.82, 2.24) is 0 Å². The van der Waals surface area contributed by atoms with Crippen molar-refractivity contribution in [3.8, 4) is 179 Å². The monoisotopic (exact) mass is 434 g/mol. The van der Waals surface area contributed by atoms with Crippen LogP contribution in [0.2, 0.25) is 0 Å². The molecule has 0 aliphatic heterocycles. The molecule has 35 heavy (non-hydrogen) atoms. The Morgan fingerprint density at radius 3 is 0.857 bits per heavy atom. The summed E-state index contributed by atoms with van der Waals surface area (Å²) in [6.45, 7) is 4.01. The molecule has 0 saturated carbocycles. The third kappa shape index (κ3) is 35.2. The minimum absolute atomic E-state index is 0.782. The summed E-state index contributed by atoms with van der Waals surface area (Å²) in [7, 11) is 0. The maximum Gasteiger partial charge on any atom is 0.00963 e. The molecule has 0 radical (unpaired) electrons. The summed E-state index contributed by atoms with van der Waals surface area (Å²) in [6.07, 6.45) is 12.5. The first-order valence-electron chi connectivity index (χ1n) is 9.70. The molecule has 0 rings (SSSR count). The first kappa shape index (κ1) is 30.6. The largest absolute Gasteiger partial charge is 0.106 e. The molecule has 0 heterocycles. The summed E-state index contributed by atoms with van der Waals surface area (Å²) in [4.78, 5) is 0. The van der Waals surface area contributed by atoms with Crippen LogP contribution in [0.1, 0.15) is 33.1 Å². The molecule has 0 N–H and O–H groups in total. The van der Waals surface area contributed by atoms with Crippen LogP contribution in [0.3, 0.4) is 0 Å². The smallest absolute Gasteiger partial charge is 0.00963 e. The van der Waals surface area contributed by atoms with Crippen LogP contribution in [0.25, 0.3) is 0 Å².